The SMILES string of the molecule is CC(C)C1CCC2(CC1)CC(C)(C)CO2. The molecule has 0 amide bonds. The van der Waals surface area contributed by atoms with Crippen molar-refractivity contribution >= 4 is 0 Å². The van der Waals surface area contributed by atoms with E-state index in [1.54, 1.807) is 0 Å². The van der Waals surface area contributed by atoms with E-state index in [-0.39, 0.29) is 5.60 Å². The van der Waals surface area contributed by atoms with Crippen LogP contribution in [-0.2, 0) is 4.74 Å². The van der Waals surface area contributed by atoms with Crippen LogP contribution in [0.2, 0.25) is 0 Å². The minimum atomic E-state index is 0.273. The molecule has 2 aliphatic rings. The molecule has 1 spiro atoms. The van der Waals surface area contributed by atoms with Crippen LogP contribution in [0.15, 0.2) is 0 Å². The second kappa shape index (κ2) is 3.76. The maximum Gasteiger partial charge on any atom is 0.0689 e. The number of hydrogen-bond donors (Lipinski definition) is 0. The molecule has 88 valence electrons. The number of rotatable bonds is 1. The maximum atomic E-state index is 6.12. The van der Waals surface area contributed by atoms with Gasteiger partial charge in [0.15, 0.2) is 0 Å². The molecule has 1 nitrogen and oxygen atoms in total. The molecule has 0 atom stereocenters. The Morgan fingerprint density at radius 1 is 1.13 bits per heavy atom. The van der Waals surface area contributed by atoms with Gasteiger partial charge in [-0.15, -0.1) is 0 Å². The molecule has 0 aromatic heterocycles. The molecular formula is C14H26O. The predicted molar refractivity (Wildman–Crippen MR) is 63.9 cm³/mol. The van der Waals surface area contributed by atoms with E-state index in [9.17, 15) is 0 Å². The quantitative estimate of drug-likeness (QED) is 0.635. The molecule has 0 aromatic rings. The lowest BCUT2D eigenvalue weighted by molar-refractivity contribution is -0.0398. The zero-order chi connectivity index (χ0) is 11.1. The standard InChI is InChI=1S/C14H26O/c1-11(2)12-5-7-14(8-6-12)9-13(3,4)10-15-14/h11-12H,5-10H2,1-4H3. The first kappa shape index (κ1) is 11.4. The van der Waals surface area contributed by atoms with Crippen molar-refractivity contribution in [3.05, 3.63) is 0 Å². The van der Waals surface area contributed by atoms with E-state index in [1.165, 1.54) is 32.1 Å². The second-order valence-electron chi connectivity index (χ2n) is 6.89. The highest BCUT2D eigenvalue weighted by molar-refractivity contribution is 4.96. The molecule has 15 heavy (non-hydrogen) atoms. The molecule has 0 radical (unpaired) electrons. The van der Waals surface area contributed by atoms with Crippen LogP contribution in [0.4, 0.5) is 0 Å². The molecule has 1 aliphatic heterocycles. The molecule has 1 aliphatic carbocycles. The van der Waals surface area contributed by atoms with Gasteiger partial charge in [0.2, 0.25) is 0 Å². The van der Waals surface area contributed by atoms with Gasteiger partial charge in [-0.2, -0.15) is 0 Å². The minimum absolute atomic E-state index is 0.273. The van der Waals surface area contributed by atoms with E-state index in [2.05, 4.69) is 27.7 Å². The highest BCUT2D eigenvalue weighted by Crippen LogP contribution is 2.48. The van der Waals surface area contributed by atoms with Crippen LogP contribution in [0, 0.1) is 17.3 Å². The van der Waals surface area contributed by atoms with Crippen LogP contribution in [0.5, 0.6) is 0 Å². The summed E-state index contributed by atoms with van der Waals surface area (Å²) in [7, 11) is 0. The predicted octanol–water partition coefficient (Wildman–Crippen LogP) is 4.02. The van der Waals surface area contributed by atoms with Crippen LogP contribution < -0.4 is 0 Å². The average molecular weight is 210 g/mol. The highest BCUT2D eigenvalue weighted by Gasteiger charge is 2.46. The molecule has 1 heterocycles. The Bertz CT molecular complexity index is 221. The Labute approximate surface area is 94.6 Å². The van der Waals surface area contributed by atoms with Gasteiger partial charge < -0.3 is 4.74 Å². The maximum absolute atomic E-state index is 6.12. The summed E-state index contributed by atoms with van der Waals surface area (Å²) < 4.78 is 6.12. The van der Waals surface area contributed by atoms with Gasteiger partial charge in [0.05, 0.1) is 12.2 Å². The van der Waals surface area contributed by atoms with Crippen molar-refractivity contribution in [2.75, 3.05) is 6.61 Å². The van der Waals surface area contributed by atoms with Crippen molar-refractivity contribution in [1.82, 2.24) is 0 Å². The summed E-state index contributed by atoms with van der Waals surface area (Å²) in [4.78, 5) is 0. The van der Waals surface area contributed by atoms with Crippen LogP contribution in [0.3, 0.4) is 0 Å². The first-order valence-corrected chi connectivity index (χ1v) is 6.57. The van der Waals surface area contributed by atoms with Crippen LogP contribution in [-0.4, -0.2) is 12.2 Å². The Balaban J connectivity index is 1.93. The topological polar surface area (TPSA) is 9.23 Å². The van der Waals surface area contributed by atoms with E-state index in [0.29, 0.717) is 5.41 Å². The minimum Gasteiger partial charge on any atom is -0.374 e. The van der Waals surface area contributed by atoms with Crippen molar-refractivity contribution in [3.8, 4) is 0 Å². The molecule has 1 heteroatoms. The van der Waals surface area contributed by atoms with Crippen molar-refractivity contribution in [3.63, 3.8) is 0 Å². The fourth-order valence-corrected chi connectivity index (χ4v) is 3.48. The van der Waals surface area contributed by atoms with Gasteiger partial charge in [-0.25, -0.2) is 0 Å². The zero-order valence-electron chi connectivity index (χ0n) is 10.8. The Kier molecular flexibility index (Phi) is 2.87. The fourth-order valence-electron chi connectivity index (χ4n) is 3.48. The van der Waals surface area contributed by atoms with Crippen LogP contribution >= 0.6 is 0 Å². The summed E-state index contributed by atoms with van der Waals surface area (Å²) >= 11 is 0. The summed E-state index contributed by atoms with van der Waals surface area (Å²) in [5.74, 6) is 1.81. The van der Waals surface area contributed by atoms with E-state index < -0.39 is 0 Å². The van der Waals surface area contributed by atoms with Crippen molar-refractivity contribution in [2.24, 2.45) is 17.3 Å². The van der Waals surface area contributed by atoms with E-state index >= 15 is 0 Å². The van der Waals surface area contributed by atoms with Crippen molar-refractivity contribution < 1.29 is 4.74 Å². The van der Waals surface area contributed by atoms with E-state index in [1.807, 2.05) is 0 Å². The van der Waals surface area contributed by atoms with E-state index in [4.69, 9.17) is 4.74 Å². The summed E-state index contributed by atoms with van der Waals surface area (Å²) in [5.41, 5.74) is 0.694. The average Bonchev–Trinajstić information content (AvgIpc) is 2.43. The molecular weight excluding hydrogens is 184 g/mol. The third kappa shape index (κ3) is 2.38. The lowest BCUT2D eigenvalue weighted by Crippen LogP contribution is -2.35. The van der Waals surface area contributed by atoms with Gasteiger partial charge in [-0.1, -0.05) is 27.7 Å². The monoisotopic (exact) mass is 210 g/mol. The van der Waals surface area contributed by atoms with Gasteiger partial charge in [-0.3, -0.25) is 0 Å². The summed E-state index contributed by atoms with van der Waals surface area (Å²) in [5, 5.41) is 0. The molecule has 2 rings (SSSR count). The molecule has 0 N–H and O–H groups in total. The summed E-state index contributed by atoms with van der Waals surface area (Å²) in [6, 6.07) is 0. The smallest absolute Gasteiger partial charge is 0.0689 e. The molecule has 1 saturated heterocycles. The third-order valence-corrected chi connectivity index (χ3v) is 4.45. The third-order valence-electron chi connectivity index (χ3n) is 4.45. The number of ether oxygens (including phenoxy) is 1. The summed E-state index contributed by atoms with van der Waals surface area (Å²) in [6.07, 6.45) is 6.66. The largest absolute Gasteiger partial charge is 0.374 e. The van der Waals surface area contributed by atoms with Gasteiger partial charge in [-0.05, 0) is 49.4 Å². The molecule has 1 saturated carbocycles. The number of hydrogen-bond acceptors (Lipinski definition) is 1. The van der Waals surface area contributed by atoms with Crippen molar-refractivity contribution in [2.45, 2.75) is 65.4 Å². The van der Waals surface area contributed by atoms with E-state index in [0.717, 1.165) is 18.4 Å². The Morgan fingerprint density at radius 2 is 1.73 bits per heavy atom. The molecule has 0 unspecified atom stereocenters. The molecule has 0 bridgehead atoms. The van der Waals surface area contributed by atoms with Crippen LogP contribution in [0.1, 0.15) is 59.8 Å². The van der Waals surface area contributed by atoms with Gasteiger partial charge in [0.25, 0.3) is 0 Å². The fraction of sp³-hybridized carbons (Fsp3) is 1.00. The molecule has 2 fully saturated rings. The normalized spacial score (nSPS) is 40.2. The van der Waals surface area contributed by atoms with Gasteiger partial charge in [0.1, 0.15) is 0 Å². The Hall–Kier alpha value is -0.0400. The molecule has 0 aromatic carbocycles. The summed E-state index contributed by atoms with van der Waals surface area (Å²) in [6.45, 7) is 10.4. The van der Waals surface area contributed by atoms with Crippen molar-refractivity contribution in [1.29, 1.82) is 0 Å². The highest BCUT2D eigenvalue weighted by atomic mass is 16.5. The van der Waals surface area contributed by atoms with Gasteiger partial charge >= 0.3 is 0 Å². The zero-order valence-corrected chi connectivity index (χ0v) is 10.8. The first-order valence-electron chi connectivity index (χ1n) is 6.57. The first-order chi connectivity index (χ1) is 6.93. The van der Waals surface area contributed by atoms with Crippen LogP contribution in [0.25, 0.3) is 0 Å². The lowest BCUT2D eigenvalue weighted by atomic mass is 9.71. The lowest BCUT2D eigenvalue weighted by Gasteiger charge is -2.38. The second-order valence-corrected chi connectivity index (χ2v) is 6.89. The Morgan fingerprint density at radius 3 is 2.13 bits per heavy atom. The van der Waals surface area contributed by atoms with Gasteiger partial charge in [0, 0.05) is 0 Å².